The maximum Gasteiger partial charge on any atom is 0.410 e. The Bertz CT molecular complexity index is 240. The van der Waals surface area contributed by atoms with E-state index in [0.717, 1.165) is 0 Å². The van der Waals surface area contributed by atoms with Crippen LogP contribution >= 0.6 is 0 Å². The van der Waals surface area contributed by atoms with E-state index in [4.69, 9.17) is 4.74 Å². The number of nitrogens with one attached hydrogen (secondary N) is 1. The third-order valence-corrected chi connectivity index (χ3v) is 2.27. The number of ether oxygens (including phenoxy) is 1. The average molecular weight is 218 g/mol. The van der Waals surface area contributed by atoms with Crippen molar-refractivity contribution in [1.29, 1.82) is 0 Å². The Morgan fingerprint density at radius 1 is 1.47 bits per heavy atom. The van der Waals surface area contributed by atoms with Crippen molar-refractivity contribution in [2.24, 2.45) is 0 Å². The Hall–Kier alpha value is -0.840. The molecule has 2 atom stereocenters. The number of carbonyl (C=O) groups is 1. The van der Waals surface area contributed by atoms with Crippen molar-refractivity contribution in [1.82, 2.24) is 10.2 Å². The lowest BCUT2D eigenvalue weighted by molar-refractivity contribution is 0.0282. The second-order valence-corrected chi connectivity index (χ2v) is 4.80. The molecule has 5 heteroatoms. The highest BCUT2D eigenvalue weighted by atomic mass is 19.1. The van der Waals surface area contributed by atoms with E-state index in [9.17, 15) is 9.18 Å². The van der Waals surface area contributed by atoms with Crippen LogP contribution in [0.5, 0.6) is 0 Å². The van der Waals surface area contributed by atoms with E-state index in [0.29, 0.717) is 6.54 Å². The molecular weight excluding hydrogens is 199 g/mol. The van der Waals surface area contributed by atoms with Gasteiger partial charge in [0, 0.05) is 6.54 Å². The standard InChI is InChI=1S/C10H19FN2O2/c1-10(2,3)15-9(14)13-5-7(11)8(6-13)12-4/h7-8,12H,5-6H2,1-4H3. The zero-order chi connectivity index (χ0) is 11.6. The van der Waals surface area contributed by atoms with Crippen LogP contribution in [0.1, 0.15) is 20.8 Å². The van der Waals surface area contributed by atoms with Gasteiger partial charge in [-0.05, 0) is 27.8 Å². The molecule has 0 saturated carbocycles. The molecule has 88 valence electrons. The van der Waals surface area contributed by atoms with Gasteiger partial charge in [-0.1, -0.05) is 0 Å². The average Bonchev–Trinajstić information content (AvgIpc) is 2.43. The van der Waals surface area contributed by atoms with Crippen LogP contribution in [0.25, 0.3) is 0 Å². The first-order chi connectivity index (χ1) is 6.83. The number of nitrogens with zero attached hydrogens (tertiary/aromatic N) is 1. The normalized spacial score (nSPS) is 26.9. The first-order valence-corrected chi connectivity index (χ1v) is 5.13. The second-order valence-electron chi connectivity index (χ2n) is 4.80. The van der Waals surface area contributed by atoms with Crippen LogP contribution in [0, 0.1) is 0 Å². The van der Waals surface area contributed by atoms with Gasteiger partial charge in [0.1, 0.15) is 11.8 Å². The molecule has 1 aliphatic rings. The first kappa shape index (κ1) is 12.2. The largest absolute Gasteiger partial charge is 0.444 e. The topological polar surface area (TPSA) is 41.6 Å². The molecule has 0 aliphatic carbocycles. The van der Waals surface area contributed by atoms with Gasteiger partial charge in [-0.3, -0.25) is 0 Å². The first-order valence-electron chi connectivity index (χ1n) is 5.13. The van der Waals surface area contributed by atoms with E-state index in [1.165, 1.54) is 4.90 Å². The molecule has 1 aliphatic heterocycles. The van der Waals surface area contributed by atoms with E-state index in [-0.39, 0.29) is 12.6 Å². The van der Waals surface area contributed by atoms with Gasteiger partial charge >= 0.3 is 6.09 Å². The molecule has 1 rings (SSSR count). The lowest BCUT2D eigenvalue weighted by Gasteiger charge is -2.24. The van der Waals surface area contributed by atoms with E-state index in [2.05, 4.69) is 5.32 Å². The van der Waals surface area contributed by atoms with Gasteiger partial charge in [-0.2, -0.15) is 0 Å². The van der Waals surface area contributed by atoms with Crippen molar-refractivity contribution >= 4 is 6.09 Å². The van der Waals surface area contributed by atoms with Crippen LogP contribution in [0.3, 0.4) is 0 Å². The van der Waals surface area contributed by atoms with E-state index < -0.39 is 17.9 Å². The Labute approximate surface area is 89.8 Å². The molecule has 0 aromatic rings. The van der Waals surface area contributed by atoms with Gasteiger partial charge < -0.3 is 15.0 Å². The molecular formula is C10H19FN2O2. The summed E-state index contributed by atoms with van der Waals surface area (Å²) in [5.41, 5.74) is -0.527. The molecule has 0 spiro atoms. The van der Waals surface area contributed by atoms with Crippen molar-refractivity contribution in [3.8, 4) is 0 Å². The fraction of sp³-hybridized carbons (Fsp3) is 0.900. The summed E-state index contributed by atoms with van der Waals surface area (Å²) in [4.78, 5) is 13.0. The number of carbonyl (C=O) groups excluding carboxylic acids is 1. The van der Waals surface area contributed by atoms with Gasteiger partial charge in [0.15, 0.2) is 0 Å². The molecule has 0 bridgehead atoms. The molecule has 1 N–H and O–H groups in total. The van der Waals surface area contributed by atoms with Crippen molar-refractivity contribution in [3.63, 3.8) is 0 Å². The van der Waals surface area contributed by atoms with Crippen molar-refractivity contribution in [3.05, 3.63) is 0 Å². The molecule has 4 nitrogen and oxygen atoms in total. The molecule has 1 heterocycles. The van der Waals surface area contributed by atoms with Gasteiger partial charge in [-0.25, -0.2) is 9.18 Å². The predicted octanol–water partition coefficient (Wildman–Crippen LogP) is 1.16. The molecule has 0 aromatic heterocycles. The minimum atomic E-state index is -1.01. The number of alkyl halides is 1. The zero-order valence-electron chi connectivity index (χ0n) is 9.71. The zero-order valence-corrected chi connectivity index (χ0v) is 9.71. The molecule has 0 radical (unpaired) electrons. The van der Waals surface area contributed by atoms with Crippen molar-refractivity contribution in [2.45, 2.75) is 38.6 Å². The third kappa shape index (κ3) is 3.34. The number of halogens is 1. The lowest BCUT2D eigenvalue weighted by atomic mass is 10.2. The van der Waals surface area contributed by atoms with E-state index >= 15 is 0 Å². The van der Waals surface area contributed by atoms with Crippen molar-refractivity contribution < 1.29 is 13.9 Å². The van der Waals surface area contributed by atoms with Crippen LogP contribution in [0.2, 0.25) is 0 Å². The lowest BCUT2D eigenvalue weighted by Crippen LogP contribution is -2.37. The quantitative estimate of drug-likeness (QED) is 0.718. The molecule has 1 saturated heterocycles. The Balaban J connectivity index is 2.50. The van der Waals surface area contributed by atoms with Crippen LogP contribution in [-0.4, -0.2) is 48.9 Å². The van der Waals surface area contributed by atoms with Gasteiger partial charge in [0.25, 0.3) is 0 Å². The summed E-state index contributed by atoms with van der Waals surface area (Å²) in [6, 6.07) is -0.280. The fourth-order valence-corrected chi connectivity index (χ4v) is 1.51. The Morgan fingerprint density at radius 2 is 2.07 bits per heavy atom. The SMILES string of the molecule is CNC1CN(C(=O)OC(C)(C)C)CC1F. The monoisotopic (exact) mass is 218 g/mol. The maximum absolute atomic E-state index is 13.3. The minimum absolute atomic E-state index is 0.112. The summed E-state index contributed by atoms with van der Waals surface area (Å²) in [6.45, 7) is 5.86. The Morgan fingerprint density at radius 3 is 2.47 bits per heavy atom. The van der Waals surface area contributed by atoms with Gasteiger partial charge in [-0.15, -0.1) is 0 Å². The summed E-state index contributed by atoms with van der Waals surface area (Å²) < 4.78 is 18.5. The summed E-state index contributed by atoms with van der Waals surface area (Å²) in [5.74, 6) is 0. The number of hydrogen-bond acceptors (Lipinski definition) is 3. The summed E-state index contributed by atoms with van der Waals surface area (Å²) in [5, 5.41) is 2.84. The van der Waals surface area contributed by atoms with Gasteiger partial charge in [0.05, 0.1) is 12.6 Å². The number of amides is 1. The molecule has 2 unspecified atom stereocenters. The van der Waals surface area contributed by atoms with E-state index in [1.807, 2.05) is 0 Å². The highest BCUT2D eigenvalue weighted by Crippen LogP contribution is 2.17. The summed E-state index contributed by atoms with van der Waals surface area (Å²) >= 11 is 0. The number of hydrogen-bond donors (Lipinski definition) is 1. The third-order valence-electron chi connectivity index (χ3n) is 2.27. The van der Waals surface area contributed by atoms with Crippen LogP contribution in [0.15, 0.2) is 0 Å². The molecule has 0 aromatic carbocycles. The van der Waals surface area contributed by atoms with Crippen LogP contribution in [-0.2, 0) is 4.74 Å². The highest BCUT2D eigenvalue weighted by Gasteiger charge is 2.36. The summed E-state index contributed by atoms with van der Waals surface area (Å²) in [7, 11) is 1.69. The smallest absolute Gasteiger partial charge is 0.410 e. The summed E-state index contributed by atoms with van der Waals surface area (Å²) in [6.07, 6.45) is -1.45. The fourth-order valence-electron chi connectivity index (χ4n) is 1.51. The predicted molar refractivity (Wildman–Crippen MR) is 55.6 cm³/mol. The Kier molecular flexibility index (Phi) is 3.54. The molecule has 1 amide bonds. The maximum atomic E-state index is 13.3. The van der Waals surface area contributed by atoms with Gasteiger partial charge in [0.2, 0.25) is 0 Å². The van der Waals surface area contributed by atoms with Crippen molar-refractivity contribution in [2.75, 3.05) is 20.1 Å². The number of likely N-dealkylation sites (tertiary alicyclic amines) is 1. The highest BCUT2D eigenvalue weighted by molar-refractivity contribution is 5.68. The number of likely N-dealkylation sites (N-methyl/N-ethyl adjacent to an activating group) is 1. The molecule has 15 heavy (non-hydrogen) atoms. The van der Waals surface area contributed by atoms with E-state index in [1.54, 1.807) is 27.8 Å². The molecule has 1 fully saturated rings. The van der Waals surface area contributed by atoms with Crippen LogP contribution < -0.4 is 5.32 Å². The number of rotatable bonds is 1. The minimum Gasteiger partial charge on any atom is -0.444 e. The van der Waals surface area contributed by atoms with Crippen LogP contribution in [0.4, 0.5) is 9.18 Å². The second kappa shape index (κ2) is 4.35.